The summed E-state index contributed by atoms with van der Waals surface area (Å²) in [4.78, 5) is 13.4. The van der Waals surface area contributed by atoms with Crippen LogP contribution in [0, 0.1) is 17.5 Å². The van der Waals surface area contributed by atoms with Crippen molar-refractivity contribution >= 4 is 6.09 Å². The second-order valence-electron chi connectivity index (χ2n) is 6.36. The minimum atomic E-state index is -1.54. The highest BCUT2D eigenvalue weighted by molar-refractivity contribution is 5.68. The molecule has 1 aliphatic heterocycles. The number of halogens is 3. The van der Waals surface area contributed by atoms with Crippen LogP contribution in [-0.4, -0.2) is 23.1 Å². The molecule has 0 saturated carbocycles. The summed E-state index contributed by atoms with van der Waals surface area (Å²) in [7, 11) is 0. The Morgan fingerprint density at radius 2 is 1.95 bits per heavy atom. The molecule has 0 spiro atoms. The van der Waals surface area contributed by atoms with Gasteiger partial charge in [0, 0.05) is 24.7 Å². The number of nitrogens with two attached hydrogens (primary N) is 1. The van der Waals surface area contributed by atoms with Gasteiger partial charge < -0.3 is 15.4 Å². The summed E-state index contributed by atoms with van der Waals surface area (Å²) in [5, 5.41) is 0. The van der Waals surface area contributed by atoms with E-state index in [0.717, 1.165) is 6.07 Å². The second kappa shape index (κ2) is 5.79. The molecule has 1 aromatic rings. The van der Waals surface area contributed by atoms with Gasteiger partial charge in [-0.15, -0.1) is 0 Å². The van der Waals surface area contributed by atoms with Crippen molar-refractivity contribution in [3.05, 3.63) is 34.6 Å². The van der Waals surface area contributed by atoms with Gasteiger partial charge in [0.2, 0.25) is 0 Å². The van der Waals surface area contributed by atoms with Crippen LogP contribution in [0.3, 0.4) is 0 Å². The molecule has 4 nitrogen and oxygen atoms in total. The first-order chi connectivity index (χ1) is 10.1. The van der Waals surface area contributed by atoms with Gasteiger partial charge in [0.25, 0.3) is 0 Å². The predicted molar refractivity (Wildman–Crippen MR) is 74.5 cm³/mol. The van der Waals surface area contributed by atoms with Gasteiger partial charge in [-0.1, -0.05) is 0 Å². The van der Waals surface area contributed by atoms with E-state index in [4.69, 9.17) is 10.5 Å². The van der Waals surface area contributed by atoms with Gasteiger partial charge in [-0.25, -0.2) is 18.0 Å². The molecule has 2 rings (SSSR count). The number of fused-ring (bicyclic) bond motifs is 1. The quantitative estimate of drug-likeness (QED) is 0.748. The average Bonchev–Trinajstić information content (AvgIpc) is 2.53. The van der Waals surface area contributed by atoms with Gasteiger partial charge in [0.15, 0.2) is 17.5 Å². The van der Waals surface area contributed by atoms with Crippen molar-refractivity contribution in [1.29, 1.82) is 0 Å². The van der Waals surface area contributed by atoms with E-state index in [2.05, 4.69) is 0 Å². The third-order valence-electron chi connectivity index (χ3n) is 3.38. The van der Waals surface area contributed by atoms with Gasteiger partial charge in [0.1, 0.15) is 5.60 Å². The summed E-state index contributed by atoms with van der Waals surface area (Å²) in [5.74, 6) is -4.12. The van der Waals surface area contributed by atoms with Gasteiger partial charge in [-0.05, 0) is 38.8 Å². The Labute approximate surface area is 127 Å². The summed E-state index contributed by atoms with van der Waals surface area (Å²) in [6.45, 7) is 5.30. The lowest BCUT2D eigenvalue weighted by Gasteiger charge is -2.26. The normalized spacial score (nSPS) is 18.7. The van der Waals surface area contributed by atoms with Crippen molar-refractivity contribution < 1.29 is 22.7 Å². The molecule has 1 amide bonds. The van der Waals surface area contributed by atoms with Crippen LogP contribution in [0.4, 0.5) is 18.0 Å². The molecule has 1 heterocycles. The molecule has 2 N–H and O–H groups in total. The number of carbonyl (C=O) groups excluding carboxylic acids is 1. The van der Waals surface area contributed by atoms with E-state index >= 15 is 0 Å². The van der Waals surface area contributed by atoms with Crippen LogP contribution in [0.2, 0.25) is 0 Å². The smallest absolute Gasteiger partial charge is 0.410 e. The molecule has 1 aromatic carbocycles. The second-order valence-corrected chi connectivity index (χ2v) is 6.36. The van der Waals surface area contributed by atoms with Gasteiger partial charge >= 0.3 is 6.09 Å². The number of nitrogens with zero attached hydrogens (tertiary/aromatic N) is 1. The fraction of sp³-hybridized carbons (Fsp3) is 0.533. The topological polar surface area (TPSA) is 55.6 Å². The third kappa shape index (κ3) is 3.35. The fourth-order valence-electron chi connectivity index (χ4n) is 2.40. The first-order valence-electron chi connectivity index (χ1n) is 7.00. The molecule has 0 saturated heterocycles. The molecule has 0 aliphatic carbocycles. The van der Waals surface area contributed by atoms with E-state index < -0.39 is 35.2 Å². The van der Waals surface area contributed by atoms with Crippen molar-refractivity contribution in [2.75, 3.05) is 6.54 Å². The molecule has 0 aromatic heterocycles. The molecule has 122 valence electrons. The van der Waals surface area contributed by atoms with Crippen LogP contribution in [0.15, 0.2) is 6.07 Å². The van der Waals surface area contributed by atoms with Crippen molar-refractivity contribution in [2.45, 2.75) is 45.4 Å². The molecule has 1 unspecified atom stereocenters. The summed E-state index contributed by atoms with van der Waals surface area (Å²) in [5.41, 5.74) is 5.24. The number of ether oxygens (including phenoxy) is 1. The number of hydrogen-bond acceptors (Lipinski definition) is 3. The molecule has 22 heavy (non-hydrogen) atoms. The van der Waals surface area contributed by atoms with Crippen LogP contribution >= 0.6 is 0 Å². The Hall–Kier alpha value is -1.76. The SMILES string of the molecule is CC(C)(C)OC(=O)N1CCC(N)c2c(cc(F)c(F)c2F)C1. The number of carbonyl (C=O) groups is 1. The molecular weight excluding hydrogens is 297 g/mol. The maximum absolute atomic E-state index is 13.9. The summed E-state index contributed by atoms with van der Waals surface area (Å²) in [6, 6.07) is 0.0774. The Bertz CT molecular complexity index is 599. The van der Waals surface area contributed by atoms with E-state index in [9.17, 15) is 18.0 Å². The summed E-state index contributed by atoms with van der Waals surface area (Å²) < 4.78 is 46.0. The van der Waals surface area contributed by atoms with Crippen molar-refractivity contribution in [2.24, 2.45) is 5.73 Å². The van der Waals surface area contributed by atoms with Crippen LogP contribution < -0.4 is 5.73 Å². The minimum Gasteiger partial charge on any atom is -0.444 e. The Morgan fingerprint density at radius 3 is 2.55 bits per heavy atom. The zero-order valence-electron chi connectivity index (χ0n) is 12.8. The average molecular weight is 316 g/mol. The zero-order chi connectivity index (χ0) is 16.7. The number of rotatable bonds is 0. The highest BCUT2D eigenvalue weighted by Gasteiger charge is 2.30. The Balaban J connectivity index is 2.35. The summed E-state index contributed by atoms with van der Waals surface area (Å²) >= 11 is 0. The minimum absolute atomic E-state index is 0.0773. The van der Waals surface area contributed by atoms with Crippen LogP contribution in [-0.2, 0) is 11.3 Å². The highest BCUT2D eigenvalue weighted by Crippen LogP contribution is 2.30. The lowest BCUT2D eigenvalue weighted by atomic mass is 9.99. The molecule has 1 aliphatic rings. The van der Waals surface area contributed by atoms with E-state index in [-0.39, 0.29) is 30.6 Å². The van der Waals surface area contributed by atoms with Crippen molar-refractivity contribution in [1.82, 2.24) is 4.90 Å². The standard InChI is InChI=1S/C15H19F3N2O2/c1-15(2,3)22-14(21)20-5-4-10(19)11-8(7-20)6-9(16)12(17)13(11)18/h6,10H,4-5,7,19H2,1-3H3. The third-order valence-corrected chi connectivity index (χ3v) is 3.38. The van der Waals surface area contributed by atoms with E-state index in [1.807, 2.05) is 0 Å². The van der Waals surface area contributed by atoms with Gasteiger partial charge in [-0.2, -0.15) is 0 Å². The maximum Gasteiger partial charge on any atom is 0.410 e. The number of hydrogen-bond donors (Lipinski definition) is 1. The fourth-order valence-corrected chi connectivity index (χ4v) is 2.40. The van der Waals surface area contributed by atoms with E-state index in [1.54, 1.807) is 20.8 Å². The van der Waals surface area contributed by atoms with Crippen molar-refractivity contribution in [3.63, 3.8) is 0 Å². The number of benzene rings is 1. The maximum atomic E-state index is 13.9. The van der Waals surface area contributed by atoms with E-state index in [0.29, 0.717) is 0 Å². The highest BCUT2D eigenvalue weighted by atomic mass is 19.2. The Kier molecular flexibility index (Phi) is 4.37. The Morgan fingerprint density at radius 1 is 1.32 bits per heavy atom. The molecular formula is C15H19F3N2O2. The van der Waals surface area contributed by atoms with Gasteiger partial charge in [0.05, 0.1) is 0 Å². The van der Waals surface area contributed by atoms with Crippen LogP contribution in [0.5, 0.6) is 0 Å². The molecule has 0 fully saturated rings. The molecule has 1 atom stereocenters. The predicted octanol–water partition coefficient (Wildman–Crippen LogP) is 3.24. The first-order valence-corrected chi connectivity index (χ1v) is 7.00. The van der Waals surface area contributed by atoms with Crippen LogP contribution in [0.1, 0.15) is 44.4 Å². The van der Waals surface area contributed by atoms with Crippen LogP contribution in [0.25, 0.3) is 0 Å². The lowest BCUT2D eigenvalue weighted by molar-refractivity contribution is 0.0234. The van der Waals surface area contributed by atoms with Gasteiger partial charge in [-0.3, -0.25) is 0 Å². The molecule has 0 radical (unpaired) electrons. The lowest BCUT2D eigenvalue weighted by Crippen LogP contribution is -2.36. The number of amides is 1. The van der Waals surface area contributed by atoms with Crippen molar-refractivity contribution in [3.8, 4) is 0 Å². The monoisotopic (exact) mass is 316 g/mol. The zero-order valence-corrected chi connectivity index (χ0v) is 12.8. The summed E-state index contributed by atoms with van der Waals surface area (Å²) in [6.07, 6.45) is -0.369. The largest absolute Gasteiger partial charge is 0.444 e. The molecule has 0 bridgehead atoms. The molecule has 7 heteroatoms. The first kappa shape index (κ1) is 16.6. The van der Waals surface area contributed by atoms with E-state index in [1.165, 1.54) is 4.90 Å².